The second-order valence-corrected chi connectivity index (χ2v) is 15.6. The third kappa shape index (κ3) is 16.9. The molecule has 6 unspecified atom stereocenters. The summed E-state index contributed by atoms with van der Waals surface area (Å²) in [7, 11) is 1.52. The Labute approximate surface area is 393 Å². The molecule has 4 rings (SSSR count). The van der Waals surface area contributed by atoms with Gasteiger partial charge in [0.25, 0.3) is 0 Å². The van der Waals surface area contributed by atoms with Gasteiger partial charge in [0, 0.05) is 31.8 Å². The molecule has 1 fully saturated rings. The van der Waals surface area contributed by atoms with E-state index in [1.165, 1.54) is 25.9 Å². The summed E-state index contributed by atoms with van der Waals surface area (Å²) in [6, 6.07) is 12.0. The fraction of sp³-hybridized carbons (Fsp3) is 0.500. The molecule has 0 saturated carbocycles. The Morgan fingerprint density at radius 3 is 1.75 bits per heavy atom. The topological polar surface area (TPSA) is 267 Å². The molecule has 1 saturated heterocycles. The Hall–Kier alpha value is -7.23. The number of amides is 2. The van der Waals surface area contributed by atoms with Crippen molar-refractivity contribution in [3.8, 4) is 22.6 Å². The number of nitrogens with zero attached hydrogens (tertiary/aromatic N) is 3. The highest BCUT2D eigenvalue weighted by atomic mass is 16.7. The van der Waals surface area contributed by atoms with Gasteiger partial charge in [0.05, 0.1) is 25.5 Å². The van der Waals surface area contributed by atoms with E-state index < -0.39 is 84.4 Å². The Bertz CT molecular complexity index is 2210. The molecule has 22 heteroatoms. The summed E-state index contributed by atoms with van der Waals surface area (Å²) in [5, 5.41) is 9.78. The van der Waals surface area contributed by atoms with Crippen LogP contribution >= 0.6 is 0 Å². The van der Waals surface area contributed by atoms with Crippen molar-refractivity contribution in [1.82, 2.24) is 20.0 Å². The zero-order valence-electron chi connectivity index (χ0n) is 39.3. The number of esters is 7. The summed E-state index contributed by atoms with van der Waals surface area (Å²) in [6.45, 7) is 10.9. The number of ether oxygens (including phenoxy) is 9. The Morgan fingerprint density at radius 1 is 0.691 bits per heavy atom. The van der Waals surface area contributed by atoms with E-state index in [4.69, 9.17) is 37.9 Å². The molecule has 370 valence electrons. The number of hydrogen-bond donors (Lipinski definition) is 2. The van der Waals surface area contributed by atoms with Gasteiger partial charge < -0.3 is 52.8 Å². The number of benzene rings is 2. The second kappa shape index (κ2) is 26.2. The number of rotatable bonds is 24. The molecule has 2 heterocycles. The first kappa shape index (κ1) is 53.4. The summed E-state index contributed by atoms with van der Waals surface area (Å²) in [5.74, 6) is -6.35. The summed E-state index contributed by atoms with van der Waals surface area (Å²) >= 11 is 0. The number of nitrogens with one attached hydrogen (secondary N) is 2. The Morgan fingerprint density at radius 2 is 1.24 bits per heavy atom. The van der Waals surface area contributed by atoms with Gasteiger partial charge in [-0.25, -0.2) is 33.6 Å². The number of aromatic nitrogens is 2. The van der Waals surface area contributed by atoms with Crippen molar-refractivity contribution in [1.29, 1.82) is 0 Å². The van der Waals surface area contributed by atoms with Crippen molar-refractivity contribution < 1.29 is 81.0 Å². The summed E-state index contributed by atoms with van der Waals surface area (Å²) < 4.78 is 46.8. The minimum absolute atomic E-state index is 0.0833. The van der Waals surface area contributed by atoms with Crippen molar-refractivity contribution in [2.24, 2.45) is 0 Å². The minimum Gasteiger partial charge on any atom is -0.497 e. The minimum atomic E-state index is -1.60. The summed E-state index contributed by atoms with van der Waals surface area (Å²) in [6.07, 6.45) is -3.33. The SMILES string of the molecule is COc1cccc(CN(CCOC(=O)C(C)OC(=O)C(C)OC(=O)C(C)OC(=O)C(C)OC(=O)C(C)OC(=O)C(C)OC(C)=O)C(=O)Nc2ccc(-c3cn[nH]c3)cc2OCCN2CCCC2)c1. The van der Waals surface area contributed by atoms with Gasteiger partial charge in [0.2, 0.25) is 0 Å². The van der Waals surface area contributed by atoms with Gasteiger partial charge in [-0.05, 0) is 103 Å². The molecule has 1 aliphatic heterocycles. The fourth-order valence-electron chi connectivity index (χ4n) is 6.32. The molecule has 0 spiro atoms. The van der Waals surface area contributed by atoms with Gasteiger partial charge in [-0.3, -0.25) is 14.8 Å². The van der Waals surface area contributed by atoms with Gasteiger partial charge in [0.15, 0.2) is 36.6 Å². The average Bonchev–Trinajstić information content (AvgIpc) is 4.04. The highest BCUT2D eigenvalue weighted by Gasteiger charge is 2.32. The maximum absolute atomic E-state index is 14.0. The fourth-order valence-corrected chi connectivity index (χ4v) is 6.32. The Kier molecular flexibility index (Phi) is 20.6. The maximum atomic E-state index is 14.0. The number of urea groups is 1. The monoisotopic (exact) mass is 953 g/mol. The third-order valence-electron chi connectivity index (χ3n) is 10.1. The molecule has 22 nitrogen and oxygen atoms in total. The van der Waals surface area contributed by atoms with Crippen LogP contribution in [0.4, 0.5) is 10.5 Å². The molecular formula is C46H59N5O17. The van der Waals surface area contributed by atoms with Crippen LogP contribution in [0.15, 0.2) is 54.9 Å². The van der Waals surface area contributed by atoms with E-state index in [1.54, 1.807) is 36.7 Å². The molecule has 2 aromatic carbocycles. The number of anilines is 1. The van der Waals surface area contributed by atoms with Crippen LogP contribution in [0.3, 0.4) is 0 Å². The molecule has 6 atom stereocenters. The quantitative estimate of drug-likeness (QED) is 0.0956. The standard InChI is InChI=1S/C46H59N5O17/c1-27(64-42(55)29(3)66-44(57)31(5)68-45(58)32(6)67-43(56)30(4)65-41(54)28(2)63-33(7)52)40(53)62-21-19-51(26-34-12-11-13-37(22-34)60-8)46(59)49-38-15-14-35(36-24-47-48-25-36)23-39(38)61-20-18-50-16-9-10-17-50/h11-15,22-25,27-32H,9-10,16-21,26H2,1-8H3,(H,47,48)(H,49,59). The van der Waals surface area contributed by atoms with E-state index in [2.05, 4.69) is 25.2 Å². The van der Waals surface area contributed by atoms with Crippen LogP contribution in [0.1, 0.15) is 66.9 Å². The highest BCUT2D eigenvalue weighted by molar-refractivity contribution is 5.92. The first-order valence-electron chi connectivity index (χ1n) is 21.9. The molecule has 3 aromatic rings. The molecule has 0 bridgehead atoms. The molecule has 68 heavy (non-hydrogen) atoms. The Balaban J connectivity index is 1.29. The van der Waals surface area contributed by atoms with Gasteiger partial charge in [-0.15, -0.1) is 0 Å². The van der Waals surface area contributed by atoms with Gasteiger partial charge in [-0.2, -0.15) is 5.10 Å². The molecule has 1 aromatic heterocycles. The van der Waals surface area contributed by atoms with Crippen LogP contribution in [0.25, 0.3) is 11.1 Å². The van der Waals surface area contributed by atoms with Crippen molar-refractivity contribution >= 4 is 53.5 Å². The lowest BCUT2D eigenvalue weighted by Gasteiger charge is -2.25. The van der Waals surface area contributed by atoms with E-state index >= 15 is 0 Å². The van der Waals surface area contributed by atoms with Crippen molar-refractivity contribution in [3.63, 3.8) is 0 Å². The smallest absolute Gasteiger partial charge is 0.347 e. The van der Waals surface area contributed by atoms with Crippen molar-refractivity contribution in [2.75, 3.05) is 51.8 Å². The van der Waals surface area contributed by atoms with Crippen LogP contribution < -0.4 is 14.8 Å². The predicted octanol–water partition coefficient (Wildman–Crippen LogP) is 3.75. The molecule has 0 radical (unpaired) electrons. The number of carbonyl (C=O) groups is 8. The summed E-state index contributed by atoms with van der Waals surface area (Å²) in [4.78, 5) is 104. The highest BCUT2D eigenvalue weighted by Crippen LogP contribution is 2.31. The summed E-state index contributed by atoms with van der Waals surface area (Å²) in [5.41, 5.74) is 2.78. The first-order chi connectivity index (χ1) is 32.3. The van der Waals surface area contributed by atoms with E-state index in [1.807, 2.05) is 18.2 Å². The largest absolute Gasteiger partial charge is 0.497 e. The zero-order valence-corrected chi connectivity index (χ0v) is 39.3. The zero-order chi connectivity index (χ0) is 49.9. The average molecular weight is 954 g/mol. The van der Waals surface area contributed by atoms with Gasteiger partial charge in [0.1, 0.15) is 24.7 Å². The molecular weight excluding hydrogens is 895 g/mol. The van der Waals surface area contributed by atoms with E-state index in [9.17, 15) is 38.4 Å². The lowest BCUT2D eigenvalue weighted by molar-refractivity contribution is -0.187. The molecule has 2 N–H and O–H groups in total. The van der Waals surface area contributed by atoms with Crippen LogP contribution in [-0.4, -0.2) is 151 Å². The number of hydrogen-bond acceptors (Lipinski definition) is 19. The van der Waals surface area contributed by atoms with E-state index in [0.717, 1.165) is 83.8 Å². The van der Waals surface area contributed by atoms with Crippen LogP contribution in [0.5, 0.6) is 11.5 Å². The predicted molar refractivity (Wildman–Crippen MR) is 238 cm³/mol. The normalized spacial score (nSPS) is 14.9. The number of likely N-dealkylation sites (tertiary alicyclic amines) is 1. The van der Waals surface area contributed by atoms with Crippen molar-refractivity contribution in [3.05, 3.63) is 60.4 Å². The molecule has 2 amide bonds. The lowest BCUT2D eigenvalue weighted by Crippen LogP contribution is -2.39. The van der Waals surface area contributed by atoms with Crippen molar-refractivity contribution in [2.45, 2.75) is 104 Å². The van der Waals surface area contributed by atoms with Gasteiger partial charge >= 0.3 is 47.8 Å². The number of methoxy groups -OCH3 is 1. The first-order valence-corrected chi connectivity index (χ1v) is 21.9. The third-order valence-corrected chi connectivity index (χ3v) is 10.1. The van der Waals surface area contributed by atoms with E-state index in [-0.39, 0.29) is 19.7 Å². The van der Waals surface area contributed by atoms with E-state index in [0.29, 0.717) is 23.8 Å². The van der Waals surface area contributed by atoms with Crippen LogP contribution in [0.2, 0.25) is 0 Å². The maximum Gasteiger partial charge on any atom is 0.347 e. The van der Waals surface area contributed by atoms with Crippen LogP contribution in [-0.2, 0) is 73.3 Å². The van der Waals surface area contributed by atoms with Gasteiger partial charge in [-0.1, -0.05) is 18.2 Å². The number of aromatic amines is 1. The molecule has 1 aliphatic rings. The number of H-pyrrole nitrogens is 1. The second-order valence-electron chi connectivity index (χ2n) is 15.6. The van der Waals surface area contributed by atoms with Crippen LogP contribution in [0, 0.1) is 0 Å². The number of carbonyl (C=O) groups excluding carboxylic acids is 8. The molecule has 0 aliphatic carbocycles. The lowest BCUT2D eigenvalue weighted by atomic mass is 10.1.